The van der Waals surface area contributed by atoms with E-state index in [1.807, 2.05) is 17.0 Å². The maximum atomic E-state index is 13.6. The van der Waals surface area contributed by atoms with Crippen LogP contribution in [-0.4, -0.2) is 57.2 Å². The molecule has 0 radical (unpaired) electrons. The first-order valence-corrected chi connectivity index (χ1v) is 13.7. The Balaban J connectivity index is 2.16. The number of aliphatic hydroxyl groups is 1. The van der Waals surface area contributed by atoms with E-state index in [2.05, 4.69) is 47.7 Å². The Morgan fingerprint density at radius 3 is 2.23 bits per heavy atom. The molecule has 2 heterocycles. The fraction of sp³-hybridized carbons (Fsp3) is 0.696. The van der Waals surface area contributed by atoms with Crippen LogP contribution in [0.5, 0.6) is 11.5 Å². The average Bonchev–Trinajstić information content (AvgIpc) is 2.88. The second-order valence-electron chi connectivity index (χ2n) is 10.3. The molecule has 0 spiro atoms. The van der Waals surface area contributed by atoms with Gasteiger partial charge in [-0.25, -0.2) is 0 Å². The lowest BCUT2D eigenvalue weighted by molar-refractivity contribution is -0.138. The third kappa shape index (κ3) is 3.17. The fourth-order valence-electron chi connectivity index (χ4n) is 4.77. The first-order valence-electron chi connectivity index (χ1n) is 10.8. The minimum absolute atomic E-state index is 0.0124. The Hall–Kier alpha value is -1.57. The molecule has 3 atom stereocenters. The second kappa shape index (κ2) is 7.53. The molecule has 0 saturated carbocycles. The van der Waals surface area contributed by atoms with Gasteiger partial charge in [-0.05, 0) is 53.7 Å². The normalized spacial score (nSPS) is 26.6. The molecule has 0 bridgehead atoms. The molecule has 1 amide bonds. The van der Waals surface area contributed by atoms with Gasteiger partial charge in [-0.2, -0.15) is 0 Å². The van der Waals surface area contributed by atoms with Crippen molar-refractivity contribution in [1.29, 1.82) is 0 Å². The highest BCUT2D eigenvalue weighted by Gasteiger charge is 2.64. The third-order valence-electron chi connectivity index (χ3n) is 7.45. The van der Waals surface area contributed by atoms with Crippen molar-refractivity contribution in [3.05, 3.63) is 23.3 Å². The van der Waals surface area contributed by atoms with Gasteiger partial charge in [0.25, 0.3) is 5.91 Å². The van der Waals surface area contributed by atoms with E-state index in [1.54, 1.807) is 14.2 Å². The summed E-state index contributed by atoms with van der Waals surface area (Å²) in [6.07, 6.45) is -1.11. The highest BCUT2D eigenvalue weighted by molar-refractivity contribution is 6.74. The molecule has 1 saturated heterocycles. The zero-order valence-corrected chi connectivity index (χ0v) is 20.8. The van der Waals surface area contributed by atoms with Gasteiger partial charge >= 0.3 is 0 Å². The Kier molecular flexibility index (Phi) is 5.80. The van der Waals surface area contributed by atoms with E-state index in [0.29, 0.717) is 24.5 Å². The number of aliphatic hydroxyl groups excluding tert-OH is 1. The molecule has 0 aliphatic carbocycles. The van der Waals surface area contributed by atoms with Gasteiger partial charge in [0, 0.05) is 6.54 Å². The molecular weight excluding hydrogens is 398 g/mol. The van der Waals surface area contributed by atoms with Gasteiger partial charge in [0.1, 0.15) is 6.10 Å². The SMILES string of the molecule is COc1cc2c(cc1OC)[C@@]1(C(C)C)[C@H](O)[C@@H](O[Si](C)(C)C(C)(C)C)C(=O)N1CC2. The molecular formula is C23H37NO5Si. The molecule has 0 unspecified atom stereocenters. The minimum Gasteiger partial charge on any atom is -0.493 e. The van der Waals surface area contributed by atoms with Crippen LogP contribution in [0.1, 0.15) is 45.7 Å². The Morgan fingerprint density at radius 2 is 1.73 bits per heavy atom. The van der Waals surface area contributed by atoms with E-state index in [9.17, 15) is 9.90 Å². The van der Waals surface area contributed by atoms with Crippen molar-refractivity contribution in [1.82, 2.24) is 4.90 Å². The third-order valence-corrected chi connectivity index (χ3v) is 11.9. The van der Waals surface area contributed by atoms with Crippen LogP contribution in [0.3, 0.4) is 0 Å². The lowest BCUT2D eigenvalue weighted by atomic mass is 9.71. The van der Waals surface area contributed by atoms with Gasteiger partial charge in [-0.3, -0.25) is 4.79 Å². The van der Waals surface area contributed by atoms with Crippen LogP contribution in [0, 0.1) is 5.92 Å². The maximum Gasteiger partial charge on any atom is 0.254 e. The van der Waals surface area contributed by atoms with Gasteiger partial charge in [0.05, 0.1) is 19.8 Å². The quantitative estimate of drug-likeness (QED) is 0.714. The van der Waals surface area contributed by atoms with Gasteiger partial charge in [-0.1, -0.05) is 34.6 Å². The summed E-state index contributed by atoms with van der Waals surface area (Å²) in [6, 6.07) is 3.92. The second-order valence-corrected chi connectivity index (χ2v) is 15.1. The minimum atomic E-state index is -2.26. The van der Waals surface area contributed by atoms with Gasteiger partial charge in [0.15, 0.2) is 25.9 Å². The summed E-state index contributed by atoms with van der Waals surface area (Å²) in [5, 5.41) is 11.6. The Bertz CT molecular complexity index is 832. The van der Waals surface area contributed by atoms with E-state index in [-0.39, 0.29) is 16.9 Å². The summed E-state index contributed by atoms with van der Waals surface area (Å²) < 4.78 is 17.6. The summed E-state index contributed by atoms with van der Waals surface area (Å²) >= 11 is 0. The van der Waals surface area contributed by atoms with E-state index >= 15 is 0 Å². The van der Waals surface area contributed by atoms with Gasteiger partial charge in [0.2, 0.25) is 0 Å². The Labute approximate surface area is 181 Å². The lowest BCUT2D eigenvalue weighted by Crippen LogP contribution is -2.56. The summed E-state index contributed by atoms with van der Waals surface area (Å²) in [5.74, 6) is 1.14. The Morgan fingerprint density at radius 1 is 1.17 bits per heavy atom. The topological polar surface area (TPSA) is 68.2 Å². The van der Waals surface area contributed by atoms with Crippen molar-refractivity contribution >= 4 is 14.2 Å². The molecule has 7 heteroatoms. The molecule has 1 N–H and O–H groups in total. The molecule has 2 aliphatic heterocycles. The number of fused-ring (bicyclic) bond motifs is 3. The molecule has 6 nitrogen and oxygen atoms in total. The number of carbonyl (C=O) groups excluding carboxylic acids is 1. The molecule has 1 fully saturated rings. The van der Waals surface area contributed by atoms with Crippen LogP contribution < -0.4 is 9.47 Å². The first-order chi connectivity index (χ1) is 13.8. The standard InChI is InChI=1S/C23H37NO5Si/c1-14(2)23-16-13-18(28-7)17(27-6)12-15(16)10-11-24(23)21(26)19(20(23)25)29-30(8,9)22(3,4)5/h12-14,19-20,25H,10-11H2,1-9H3/t19-,20-,23+/m1/s1. The lowest BCUT2D eigenvalue weighted by Gasteiger charge is -2.48. The largest absolute Gasteiger partial charge is 0.493 e. The number of nitrogens with zero attached hydrogens (tertiary/aromatic N) is 1. The number of ether oxygens (including phenoxy) is 2. The zero-order chi connectivity index (χ0) is 22.6. The van der Waals surface area contributed by atoms with E-state index in [4.69, 9.17) is 13.9 Å². The smallest absolute Gasteiger partial charge is 0.254 e. The summed E-state index contributed by atoms with van der Waals surface area (Å²) in [5.41, 5.74) is 1.16. The van der Waals surface area contributed by atoms with Gasteiger partial charge < -0.3 is 23.9 Å². The molecule has 1 aromatic carbocycles. The van der Waals surface area contributed by atoms with Crippen molar-refractivity contribution in [3.63, 3.8) is 0 Å². The monoisotopic (exact) mass is 435 g/mol. The molecule has 0 aromatic heterocycles. The van der Waals surface area contributed by atoms with Crippen LogP contribution in [-0.2, 0) is 21.2 Å². The molecule has 168 valence electrons. The van der Waals surface area contributed by atoms with Crippen molar-refractivity contribution in [2.24, 2.45) is 5.92 Å². The van der Waals surface area contributed by atoms with Gasteiger partial charge in [-0.15, -0.1) is 0 Å². The summed E-state index contributed by atoms with van der Waals surface area (Å²) in [7, 11) is 0.961. The van der Waals surface area contributed by atoms with Crippen molar-refractivity contribution in [2.75, 3.05) is 20.8 Å². The van der Waals surface area contributed by atoms with Crippen molar-refractivity contribution in [3.8, 4) is 11.5 Å². The number of benzene rings is 1. The summed E-state index contributed by atoms with van der Waals surface area (Å²) in [4.78, 5) is 15.4. The fourth-order valence-corrected chi connectivity index (χ4v) is 5.99. The molecule has 3 rings (SSSR count). The predicted octanol–water partition coefficient (Wildman–Crippen LogP) is 3.70. The number of hydrogen-bond donors (Lipinski definition) is 1. The number of carbonyl (C=O) groups is 1. The van der Waals surface area contributed by atoms with Crippen molar-refractivity contribution in [2.45, 2.75) is 76.9 Å². The molecule has 1 aromatic rings. The summed E-state index contributed by atoms with van der Waals surface area (Å²) in [6.45, 7) is 15.3. The van der Waals surface area contributed by atoms with Crippen LogP contribution in [0.15, 0.2) is 12.1 Å². The van der Waals surface area contributed by atoms with Crippen LogP contribution in [0.25, 0.3) is 0 Å². The zero-order valence-electron chi connectivity index (χ0n) is 19.8. The first kappa shape index (κ1) is 23.1. The highest BCUT2D eigenvalue weighted by Crippen LogP contribution is 2.53. The molecule has 30 heavy (non-hydrogen) atoms. The number of methoxy groups -OCH3 is 2. The van der Waals surface area contributed by atoms with Crippen LogP contribution >= 0.6 is 0 Å². The van der Waals surface area contributed by atoms with Crippen molar-refractivity contribution < 1.29 is 23.8 Å². The maximum absolute atomic E-state index is 13.6. The highest BCUT2D eigenvalue weighted by atomic mass is 28.4. The molecule has 2 aliphatic rings. The average molecular weight is 436 g/mol. The van der Waals surface area contributed by atoms with Crippen LogP contribution in [0.4, 0.5) is 0 Å². The van der Waals surface area contributed by atoms with E-state index < -0.39 is 26.1 Å². The number of amides is 1. The van der Waals surface area contributed by atoms with Crippen LogP contribution in [0.2, 0.25) is 18.1 Å². The number of hydrogen-bond acceptors (Lipinski definition) is 5. The number of rotatable bonds is 5. The van der Waals surface area contributed by atoms with E-state index in [0.717, 1.165) is 11.1 Å². The van der Waals surface area contributed by atoms with E-state index in [1.165, 1.54) is 0 Å². The predicted molar refractivity (Wildman–Crippen MR) is 120 cm³/mol.